The largest absolute Gasteiger partial charge is 0.507 e. The van der Waals surface area contributed by atoms with E-state index < -0.39 is 0 Å². The molecule has 6 nitrogen and oxygen atoms in total. The molecule has 0 atom stereocenters. The van der Waals surface area contributed by atoms with Gasteiger partial charge >= 0.3 is 0 Å². The molecule has 0 saturated carbocycles. The van der Waals surface area contributed by atoms with Crippen molar-refractivity contribution in [1.82, 2.24) is 19.6 Å². The molecule has 0 aliphatic carbocycles. The van der Waals surface area contributed by atoms with Crippen molar-refractivity contribution in [2.45, 2.75) is 13.8 Å². The second kappa shape index (κ2) is 3.94. The summed E-state index contributed by atoms with van der Waals surface area (Å²) in [4.78, 5) is 8.15. The van der Waals surface area contributed by atoms with Gasteiger partial charge in [-0.2, -0.15) is 14.6 Å². The van der Waals surface area contributed by atoms with Crippen LogP contribution in [0.4, 0.5) is 5.69 Å². The van der Waals surface area contributed by atoms with Gasteiger partial charge in [-0.15, -0.1) is 0 Å². The quantitative estimate of drug-likeness (QED) is 0.690. The molecule has 0 aliphatic rings. The van der Waals surface area contributed by atoms with Crippen LogP contribution in [0.5, 0.6) is 5.75 Å². The summed E-state index contributed by atoms with van der Waals surface area (Å²) in [5, 5.41) is 14.0. The van der Waals surface area contributed by atoms with Gasteiger partial charge in [0.05, 0.1) is 11.9 Å². The Hall–Kier alpha value is -2.63. The first-order valence-corrected chi connectivity index (χ1v) is 5.82. The number of rotatable bonds is 1. The van der Waals surface area contributed by atoms with Crippen molar-refractivity contribution in [3.05, 3.63) is 35.8 Å². The van der Waals surface area contributed by atoms with E-state index in [0.29, 0.717) is 17.2 Å². The maximum absolute atomic E-state index is 9.84. The maximum atomic E-state index is 9.84. The van der Waals surface area contributed by atoms with Gasteiger partial charge in [0, 0.05) is 5.56 Å². The topological polar surface area (TPSA) is 89.3 Å². The van der Waals surface area contributed by atoms with Gasteiger partial charge in [-0.25, -0.2) is 4.98 Å². The van der Waals surface area contributed by atoms with Gasteiger partial charge in [0.2, 0.25) is 0 Å². The van der Waals surface area contributed by atoms with Crippen LogP contribution in [0.3, 0.4) is 0 Å². The van der Waals surface area contributed by atoms with Crippen molar-refractivity contribution in [3.63, 3.8) is 0 Å². The molecule has 0 aliphatic heterocycles. The summed E-state index contributed by atoms with van der Waals surface area (Å²) in [6.07, 6.45) is 3.00. The third kappa shape index (κ3) is 1.69. The molecule has 3 N–H and O–H groups in total. The minimum Gasteiger partial charge on any atom is -0.507 e. The number of aromatic nitrogens is 4. The van der Waals surface area contributed by atoms with Crippen LogP contribution >= 0.6 is 0 Å². The molecule has 0 spiro atoms. The minimum absolute atomic E-state index is 0.297. The third-order valence-corrected chi connectivity index (χ3v) is 3.10. The van der Waals surface area contributed by atoms with Crippen LogP contribution in [-0.4, -0.2) is 24.7 Å². The molecule has 96 valence electrons. The second-order valence-corrected chi connectivity index (χ2v) is 4.49. The highest BCUT2D eigenvalue weighted by Gasteiger charge is 2.13. The van der Waals surface area contributed by atoms with Crippen LogP contribution in [0.25, 0.3) is 17.0 Å². The molecule has 3 rings (SSSR count). The highest BCUT2D eigenvalue weighted by atomic mass is 16.3. The molecule has 2 aromatic heterocycles. The lowest BCUT2D eigenvalue weighted by Gasteiger charge is -2.11. The molecule has 3 aromatic rings. The Bertz CT molecular complexity index is 755. The number of nitrogens with two attached hydrogens (primary N) is 1. The Kier molecular flexibility index (Phi) is 2.38. The maximum Gasteiger partial charge on any atom is 0.252 e. The first kappa shape index (κ1) is 11.5. The summed E-state index contributed by atoms with van der Waals surface area (Å²) in [5.41, 5.74) is 9.71. The molecule has 1 aromatic carbocycles. The zero-order valence-electron chi connectivity index (χ0n) is 10.6. The van der Waals surface area contributed by atoms with Crippen LogP contribution in [0.15, 0.2) is 24.7 Å². The van der Waals surface area contributed by atoms with Crippen molar-refractivity contribution in [2.75, 3.05) is 5.73 Å². The van der Waals surface area contributed by atoms with E-state index >= 15 is 0 Å². The number of anilines is 1. The Labute approximate surface area is 109 Å². The molecule has 19 heavy (non-hydrogen) atoms. The number of hydrogen-bond donors (Lipinski definition) is 2. The molecule has 0 amide bonds. The number of nitrogen functional groups attached to an aromatic ring is 1. The second-order valence-electron chi connectivity index (χ2n) is 4.49. The van der Waals surface area contributed by atoms with E-state index in [0.717, 1.165) is 22.4 Å². The third-order valence-electron chi connectivity index (χ3n) is 3.10. The number of nitrogens with zero attached hydrogens (tertiary/aromatic N) is 4. The van der Waals surface area contributed by atoms with E-state index in [1.807, 2.05) is 26.0 Å². The first-order chi connectivity index (χ1) is 9.08. The fourth-order valence-corrected chi connectivity index (χ4v) is 2.17. The van der Waals surface area contributed by atoms with Crippen molar-refractivity contribution in [3.8, 4) is 17.0 Å². The summed E-state index contributed by atoms with van der Waals surface area (Å²) in [5.74, 6) is 0.791. The lowest BCUT2D eigenvalue weighted by atomic mass is 10.0. The predicted molar refractivity (Wildman–Crippen MR) is 71.8 cm³/mol. The van der Waals surface area contributed by atoms with E-state index in [9.17, 15) is 5.11 Å². The number of aromatic hydroxyl groups is 1. The number of phenols is 1. The van der Waals surface area contributed by atoms with Gasteiger partial charge in [-0.3, -0.25) is 0 Å². The Morgan fingerprint density at radius 3 is 2.53 bits per heavy atom. The number of phenolic OH excluding ortho intramolecular Hbond substituents is 1. The number of aryl methyl sites for hydroxylation is 2. The van der Waals surface area contributed by atoms with Crippen molar-refractivity contribution >= 4 is 11.5 Å². The summed E-state index contributed by atoms with van der Waals surface area (Å²) in [6, 6.07) is 3.74. The number of fused-ring (bicyclic) bond motifs is 1. The van der Waals surface area contributed by atoms with Crippen LogP contribution in [0.1, 0.15) is 11.1 Å². The molecule has 0 fully saturated rings. The summed E-state index contributed by atoms with van der Waals surface area (Å²) >= 11 is 0. The fourth-order valence-electron chi connectivity index (χ4n) is 2.17. The molecule has 0 bridgehead atoms. The Balaban J connectivity index is 2.35. The molecule has 0 unspecified atom stereocenters. The summed E-state index contributed by atoms with van der Waals surface area (Å²) < 4.78 is 1.60. The van der Waals surface area contributed by atoms with Crippen LogP contribution in [0.2, 0.25) is 0 Å². The Morgan fingerprint density at radius 1 is 1.16 bits per heavy atom. The van der Waals surface area contributed by atoms with Gasteiger partial charge < -0.3 is 10.8 Å². The predicted octanol–water partition coefficient (Wildman–Crippen LogP) is 1.70. The number of hydrogen-bond acceptors (Lipinski definition) is 5. The summed E-state index contributed by atoms with van der Waals surface area (Å²) in [7, 11) is 0. The van der Waals surface area contributed by atoms with Crippen molar-refractivity contribution in [1.29, 1.82) is 0 Å². The average Bonchev–Trinajstić information content (AvgIpc) is 2.83. The average molecular weight is 255 g/mol. The molecule has 0 radical (unpaired) electrons. The Morgan fingerprint density at radius 2 is 1.84 bits per heavy atom. The minimum atomic E-state index is 0.297. The van der Waals surface area contributed by atoms with E-state index in [1.165, 1.54) is 6.33 Å². The molecule has 6 heteroatoms. The van der Waals surface area contributed by atoms with Crippen molar-refractivity contribution in [2.24, 2.45) is 0 Å². The molecular formula is C13H13N5O. The highest BCUT2D eigenvalue weighted by molar-refractivity contribution is 5.75. The van der Waals surface area contributed by atoms with Crippen LogP contribution in [-0.2, 0) is 0 Å². The van der Waals surface area contributed by atoms with E-state index in [4.69, 9.17) is 5.73 Å². The zero-order chi connectivity index (χ0) is 13.6. The van der Waals surface area contributed by atoms with E-state index in [2.05, 4.69) is 15.1 Å². The monoisotopic (exact) mass is 255 g/mol. The number of benzene rings is 1. The standard InChI is InChI=1S/C13H13N5O/c1-7-3-9(4-8(2)12(7)19)11-10(14)5-15-13-16-6-17-18(11)13/h3-6,19H,14H2,1-2H3. The van der Waals surface area contributed by atoms with Crippen molar-refractivity contribution < 1.29 is 5.11 Å². The fraction of sp³-hybridized carbons (Fsp3) is 0.154. The molecule has 0 saturated heterocycles. The van der Waals surface area contributed by atoms with Crippen LogP contribution in [0, 0.1) is 13.8 Å². The lowest BCUT2D eigenvalue weighted by Crippen LogP contribution is -2.02. The lowest BCUT2D eigenvalue weighted by molar-refractivity contribution is 0.467. The van der Waals surface area contributed by atoms with Crippen LogP contribution < -0.4 is 5.73 Å². The van der Waals surface area contributed by atoms with Gasteiger partial charge in [-0.1, -0.05) is 0 Å². The SMILES string of the molecule is Cc1cc(-c2c(N)cnc3ncnn23)cc(C)c1O. The molecular weight excluding hydrogens is 242 g/mol. The van der Waals surface area contributed by atoms with Gasteiger partial charge in [0.1, 0.15) is 17.8 Å². The van der Waals surface area contributed by atoms with Gasteiger partial charge in [-0.05, 0) is 37.1 Å². The highest BCUT2D eigenvalue weighted by Crippen LogP contribution is 2.31. The molecule has 2 heterocycles. The summed E-state index contributed by atoms with van der Waals surface area (Å²) in [6.45, 7) is 3.70. The van der Waals surface area contributed by atoms with Gasteiger partial charge in [0.15, 0.2) is 0 Å². The zero-order valence-corrected chi connectivity index (χ0v) is 10.6. The van der Waals surface area contributed by atoms with Gasteiger partial charge in [0.25, 0.3) is 5.78 Å². The first-order valence-electron chi connectivity index (χ1n) is 5.82. The van der Waals surface area contributed by atoms with E-state index in [-0.39, 0.29) is 0 Å². The smallest absolute Gasteiger partial charge is 0.252 e. The normalized spacial score (nSPS) is 11.1. The van der Waals surface area contributed by atoms with E-state index in [1.54, 1.807) is 10.7 Å².